The molecular weight excluding hydrogens is 590 g/mol. The van der Waals surface area contributed by atoms with E-state index in [1.807, 2.05) is 38.2 Å². The summed E-state index contributed by atoms with van der Waals surface area (Å²) in [6.45, 7) is 6.49. The van der Waals surface area contributed by atoms with Crippen LogP contribution in [0.2, 0.25) is 0 Å². The molecule has 1 heterocycles. The predicted molar refractivity (Wildman–Crippen MR) is 168 cm³/mol. The number of allylic oxidation sites excluding steroid dienone is 9. The van der Waals surface area contributed by atoms with E-state index in [2.05, 4.69) is 47.9 Å². The molecule has 0 saturated heterocycles. The molecule has 1 N–H and O–H groups in total. The Bertz CT molecular complexity index is 1500. The summed E-state index contributed by atoms with van der Waals surface area (Å²) in [5.41, 5.74) is 5.47. The second-order valence-corrected chi connectivity index (χ2v) is 12.0. The van der Waals surface area contributed by atoms with Crippen LogP contribution in [-0.4, -0.2) is 37.6 Å². The molecule has 0 amide bonds. The van der Waals surface area contributed by atoms with Gasteiger partial charge in [0.1, 0.15) is 6.04 Å². The zero-order valence-corrected chi connectivity index (χ0v) is 26.2. The minimum atomic E-state index is -4.34. The molecule has 0 radical (unpaired) electrons. The first-order valence-electron chi connectivity index (χ1n) is 15.4. The van der Waals surface area contributed by atoms with E-state index in [0.29, 0.717) is 35.3 Å². The Morgan fingerprint density at radius 1 is 1.13 bits per heavy atom. The minimum absolute atomic E-state index is 0.0806. The van der Waals surface area contributed by atoms with E-state index in [9.17, 15) is 22.0 Å². The Labute approximate surface area is 261 Å². The zero-order valence-electron chi connectivity index (χ0n) is 26.2. The van der Waals surface area contributed by atoms with Gasteiger partial charge >= 0.3 is 12.8 Å². The summed E-state index contributed by atoms with van der Waals surface area (Å²) in [5.74, 6) is 4.51. The van der Waals surface area contributed by atoms with Crippen LogP contribution in [0.15, 0.2) is 70.3 Å². The van der Waals surface area contributed by atoms with Crippen molar-refractivity contribution < 1.29 is 31.1 Å². The average Bonchev–Trinajstić information content (AvgIpc) is 3.21. The molecule has 3 nitrogen and oxygen atoms in total. The van der Waals surface area contributed by atoms with E-state index in [-0.39, 0.29) is 36.8 Å². The van der Waals surface area contributed by atoms with Crippen molar-refractivity contribution in [2.24, 2.45) is 22.7 Å². The molecule has 1 aliphatic heterocycles. The number of ether oxygens (including phenoxy) is 1. The van der Waals surface area contributed by atoms with E-state index in [0.717, 1.165) is 24.5 Å². The summed E-state index contributed by atoms with van der Waals surface area (Å²) in [4.78, 5) is 4.82. The lowest BCUT2D eigenvalue weighted by molar-refractivity contribution is -0.151. The molecule has 1 aromatic carbocycles. The summed E-state index contributed by atoms with van der Waals surface area (Å²) in [6.07, 6.45) is 9.36. The zero-order chi connectivity index (χ0) is 32.9. The van der Waals surface area contributed by atoms with E-state index in [1.54, 1.807) is 0 Å². The van der Waals surface area contributed by atoms with Crippen molar-refractivity contribution in [3.8, 4) is 17.6 Å². The monoisotopic (exact) mass is 630 g/mol. The lowest BCUT2D eigenvalue weighted by Crippen LogP contribution is -2.42. The van der Waals surface area contributed by atoms with Crippen LogP contribution in [0, 0.1) is 35.4 Å². The second kappa shape index (κ2) is 14.7. The van der Waals surface area contributed by atoms with Gasteiger partial charge in [-0.1, -0.05) is 74.1 Å². The van der Waals surface area contributed by atoms with Crippen LogP contribution < -0.4 is 10.1 Å². The molecule has 1 aromatic rings. The maximum Gasteiger partial charge on any atom is 0.403 e. The number of benzene rings is 1. The van der Waals surface area contributed by atoms with E-state index < -0.39 is 30.4 Å². The number of halogens is 6. The highest BCUT2D eigenvalue weighted by atomic mass is 19.4. The third kappa shape index (κ3) is 8.21. The van der Waals surface area contributed by atoms with Gasteiger partial charge in [0.2, 0.25) is 0 Å². The molecule has 0 spiro atoms. The summed E-state index contributed by atoms with van der Waals surface area (Å²) in [6, 6.07) is 0.965. The van der Waals surface area contributed by atoms with Gasteiger partial charge in [0.05, 0.1) is 5.71 Å². The minimum Gasteiger partial charge on any atom is -0.432 e. The number of fused-ring (bicyclic) bond motifs is 1. The number of hydrogen-bond acceptors (Lipinski definition) is 3. The Morgan fingerprint density at radius 2 is 1.87 bits per heavy atom. The van der Waals surface area contributed by atoms with Crippen molar-refractivity contribution >= 4 is 11.3 Å². The molecule has 0 saturated carbocycles. The third-order valence-electron chi connectivity index (χ3n) is 8.88. The number of dihydropyridines is 1. The molecule has 0 fully saturated rings. The molecule has 45 heavy (non-hydrogen) atoms. The van der Waals surface area contributed by atoms with Gasteiger partial charge in [0.15, 0.2) is 11.6 Å². The van der Waals surface area contributed by atoms with Crippen LogP contribution in [0.1, 0.15) is 70.9 Å². The first-order valence-corrected chi connectivity index (χ1v) is 15.4. The first kappa shape index (κ1) is 34.4. The molecule has 2 aliphatic carbocycles. The van der Waals surface area contributed by atoms with Crippen molar-refractivity contribution in [3.05, 3.63) is 82.3 Å². The number of nitrogens with zero attached hydrogens (tertiary/aromatic N) is 1. The third-order valence-corrected chi connectivity index (χ3v) is 8.88. The summed E-state index contributed by atoms with van der Waals surface area (Å²) in [7, 11) is 0. The molecule has 5 unspecified atom stereocenters. The van der Waals surface area contributed by atoms with Crippen molar-refractivity contribution in [2.75, 3.05) is 13.1 Å². The Hall–Kier alpha value is -3.51. The maximum atomic E-state index is 15.3. The standard InChI is InChI=1S/C36H40F6N2O/c1-6-7-8-13-27-30-17-32(37)34(45-35(38)39)18-29(30)23(4)28(26-12-10-9-11-21(2)22(26)3)16-31(27)33-15-14-25(20-44-33)19-43-24(5)36(40,41)42/h9-12,14-15,17-18,22-25,28,35,43H,6-7,16,19-20H2,1-5H3. The van der Waals surface area contributed by atoms with Crippen LogP contribution in [0.5, 0.6) is 5.75 Å². The highest BCUT2D eigenvalue weighted by Gasteiger charge is 2.37. The van der Waals surface area contributed by atoms with Crippen LogP contribution in [0.25, 0.3) is 5.57 Å². The van der Waals surface area contributed by atoms with Crippen molar-refractivity contribution in [2.45, 2.75) is 78.6 Å². The SMILES string of the molecule is CCCC#CC1=C(C2=NCC(CNC(C)C(F)(F)F)C=C2)CC(C2=CC=CC=C(C)C2C)C(C)c2cc(OC(F)F)c(F)cc21. The molecular formula is C36H40F6N2O. The molecule has 242 valence electrons. The predicted octanol–water partition coefficient (Wildman–Crippen LogP) is 9.35. The van der Waals surface area contributed by atoms with Gasteiger partial charge in [-0.2, -0.15) is 22.0 Å². The number of aliphatic imine (C=N–C) groups is 1. The largest absolute Gasteiger partial charge is 0.432 e. The van der Waals surface area contributed by atoms with Crippen LogP contribution in [0.4, 0.5) is 26.3 Å². The molecule has 9 heteroatoms. The normalized spacial score (nSPS) is 24.1. The number of rotatable bonds is 8. The maximum absolute atomic E-state index is 15.3. The molecule has 0 bridgehead atoms. The fraction of sp³-hybridized carbons (Fsp3) is 0.472. The summed E-state index contributed by atoms with van der Waals surface area (Å²) >= 11 is 0. The van der Waals surface area contributed by atoms with E-state index in [1.165, 1.54) is 17.7 Å². The highest BCUT2D eigenvalue weighted by molar-refractivity contribution is 6.15. The number of alkyl halides is 5. The van der Waals surface area contributed by atoms with Crippen molar-refractivity contribution in [1.82, 2.24) is 5.32 Å². The van der Waals surface area contributed by atoms with Crippen LogP contribution in [-0.2, 0) is 0 Å². The number of unbranched alkanes of at least 4 members (excludes halogenated alkanes) is 1. The molecule has 4 rings (SSSR count). The van der Waals surface area contributed by atoms with E-state index in [4.69, 9.17) is 4.99 Å². The first-order chi connectivity index (χ1) is 21.3. The summed E-state index contributed by atoms with van der Waals surface area (Å²) in [5, 5.41) is 2.54. The van der Waals surface area contributed by atoms with Crippen molar-refractivity contribution in [1.29, 1.82) is 0 Å². The Kier molecular flexibility index (Phi) is 11.2. The second-order valence-electron chi connectivity index (χ2n) is 12.0. The number of nitrogens with one attached hydrogen (secondary N) is 1. The van der Waals surface area contributed by atoms with Crippen LogP contribution >= 0.6 is 0 Å². The van der Waals surface area contributed by atoms with Gasteiger partial charge in [-0.15, -0.1) is 0 Å². The van der Waals surface area contributed by atoms with Crippen molar-refractivity contribution in [3.63, 3.8) is 0 Å². The average molecular weight is 631 g/mol. The van der Waals surface area contributed by atoms with Crippen LogP contribution in [0.3, 0.4) is 0 Å². The molecule has 3 aliphatic rings. The fourth-order valence-electron chi connectivity index (χ4n) is 5.98. The van der Waals surface area contributed by atoms with Gasteiger partial charge < -0.3 is 10.1 Å². The number of hydrogen-bond donors (Lipinski definition) is 1. The quantitative estimate of drug-likeness (QED) is 0.229. The molecule has 5 atom stereocenters. The lowest BCUT2D eigenvalue weighted by atomic mass is 9.73. The lowest BCUT2D eigenvalue weighted by Gasteiger charge is -2.31. The van der Waals surface area contributed by atoms with Gasteiger partial charge in [0, 0.05) is 31.0 Å². The highest BCUT2D eigenvalue weighted by Crippen LogP contribution is 2.48. The molecule has 0 aromatic heterocycles. The Morgan fingerprint density at radius 3 is 2.51 bits per heavy atom. The summed E-state index contributed by atoms with van der Waals surface area (Å²) < 4.78 is 85.6. The van der Waals surface area contributed by atoms with Gasteiger partial charge in [-0.05, 0) is 79.4 Å². The van der Waals surface area contributed by atoms with Gasteiger partial charge in [0.25, 0.3) is 0 Å². The van der Waals surface area contributed by atoms with Gasteiger partial charge in [-0.3, -0.25) is 4.99 Å². The Balaban J connectivity index is 1.85. The van der Waals surface area contributed by atoms with Gasteiger partial charge in [-0.25, -0.2) is 4.39 Å². The fourth-order valence-corrected chi connectivity index (χ4v) is 5.98. The smallest absolute Gasteiger partial charge is 0.403 e. The topological polar surface area (TPSA) is 33.6 Å². The van der Waals surface area contributed by atoms with E-state index >= 15 is 4.39 Å².